The molecule has 6 heteroatoms. The fourth-order valence-electron chi connectivity index (χ4n) is 3.59. The van der Waals surface area contributed by atoms with Gasteiger partial charge in [0.15, 0.2) is 0 Å². The minimum absolute atomic E-state index is 0.718. The summed E-state index contributed by atoms with van der Waals surface area (Å²) in [7, 11) is 0. The van der Waals surface area contributed by atoms with Gasteiger partial charge in [0.25, 0.3) is 0 Å². The first kappa shape index (κ1) is 17.6. The minimum Gasteiger partial charge on any atom is -0.365 e. The van der Waals surface area contributed by atoms with Crippen molar-refractivity contribution in [2.24, 2.45) is 0 Å². The van der Waals surface area contributed by atoms with E-state index in [1.807, 2.05) is 29.7 Å². The molecule has 0 unspecified atom stereocenters. The first-order valence-corrected chi connectivity index (χ1v) is 11.3. The molecule has 0 bridgehead atoms. The van der Waals surface area contributed by atoms with Crippen molar-refractivity contribution in [1.29, 1.82) is 0 Å². The number of aryl methyl sites for hydroxylation is 2. The van der Waals surface area contributed by atoms with Gasteiger partial charge in [0.2, 0.25) is 0 Å². The number of fused-ring (bicyclic) bond motifs is 3. The average Bonchev–Trinajstić information content (AvgIpc) is 3.33. The largest absolute Gasteiger partial charge is 0.365 e. The Labute approximate surface area is 172 Å². The third-order valence-corrected chi connectivity index (χ3v) is 7.10. The minimum atomic E-state index is 0.718. The molecule has 1 aliphatic carbocycles. The Morgan fingerprint density at radius 2 is 1.96 bits per heavy atom. The monoisotopic (exact) mass is 404 g/mol. The van der Waals surface area contributed by atoms with Crippen LogP contribution in [0.15, 0.2) is 59.8 Å². The van der Waals surface area contributed by atoms with E-state index in [1.54, 1.807) is 18.0 Å². The summed E-state index contributed by atoms with van der Waals surface area (Å²) in [6.07, 6.45) is 7.25. The van der Waals surface area contributed by atoms with Crippen molar-refractivity contribution in [2.45, 2.75) is 36.5 Å². The number of nitrogens with zero attached hydrogens (tertiary/aromatic N) is 3. The number of anilines is 1. The number of aromatic nitrogens is 3. The molecule has 0 aliphatic heterocycles. The molecule has 0 fully saturated rings. The van der Waals surface area contributed by atoms with Gasteiger partial charge in [0.05, 0.1) is 11.1 Å². The second-order valence-corrected chi connectivity index (χ2v) is 8.97. The standard InChI is InChI=1S/C22H20N4S2/c1-2-7-16(8-3-1)27-14-19-25-21(24-13-15-6-5-11-23-12-15)20-17-9-4-10-18(17)28-22(20)26-19/h1-3,5-8,11-12H,4,9-10,13-14H2,(H,24,25,26). The SMILES string of the molecule is c1ccc(SCc2nc(NCc3cccnc3)c3c4c(sc3n2)CCC4)cc1. The molecule has 0 atom stereocenters. The number of benzene rings is 1. The molecular weight excluding hydrogens is 384 g/mol. The molecule has 1 aliphatic rings. The summed E-state index contributed by atoms with van der Waals surface area (Å²) in [5.74, 6) is 2.62. The Bertz CT molecular complexity index is 1090. The Balaban J connectivity index is 1.46. The van der Waals surface area contributed by atoms with Gasteiger partial charge < -0.3 is 5.32 Å². The van der Waals surface area contributed by atoms with E-state index in [1.165, 1.54) is 33.6 Å². The van der Waals surface area contributed by atoms with Crippen molar-refractivity contribution in [3.05, 3.63) is 76.7 Å². The van der Waals surface area contributed by atoms with Crippen molar-refractivity contribution in [3.8, 4) is 0 Å². The molecule has 3 heterocycles. The predicted molar refractivity (Wildman–Crippen MR) is 117 cm³/mol. The van der Waals surface area contributed by atoms with Crippen LogP contribution >= 0.6 is 23.1 Å². The molecule has 0 radical (unpaired) electrons. The van der Waals surface area contributed by atoms with Crippen molar-refractivity contribution in [1.82, 2.24) is 15.0 Å². The van der Waals surface area contributed by atoms with Crippen LogP contribution in [0.25, 0.3) is 10.2 Å². The molecule has 0 amide bonds. The highest BCUT2D eigenvalue weighted by Crippen LogP contribution is 2.40. The van der Waals surface area contributed by atoms with Gasteiger partial charge in [-0.25, -0.2) is 9.97 Å². The maximum Gasteiger partial charge on any atom is 0.142 e. The Morgan fingerprint density at radius 3 is 2.82 bits per heavy atom. The van der Waals surface area contributed by atoms with E-state index in [0.29, 0.717) is 0 Å². The van der Waals surface area contributed by atoms with Crippen LogP contribution in [0.2, 0.25) is 0 Å². The molecule has 4 aromatic rings. The van der Waals surface area contributed by atoms with Crippen molar-refractivity contribution in [3.63, 3.8) is 0 Å². The quantitative estimate of drug-likeness (QED) is 0.431. The zero-order chi connectivity index (χ0) is 18.8. The molecular formula is C22H20N4S2. The highest BCUT2D eigenvalue weighted by molar-refractivity contribution is 7.98. The van der Waals surface area contributed by atoms with Crippen molar-refractivity contribution < 1.29 is 0 Å². The van der Waals surface area contributed by atoms with Gasteiger partial charge in [-0.3, -0.25) is 4.98 Å². The molecule has 0 spiro atoms. The van der Waals surface area contributed by atoms with Crippen LogP contribution in [0.1, 0.15) is 28.2 Å². The highest BCUT2D eigenvalue weighted by Gasteiger charge is 2.22. The number of rotatable bonds is 6. The van der Waals surface area contributed by atoms with Crippen LogP contribution in [0.3, 0.4) is 0 Å². The number of thioether (sulfide) groups is 1. The van der Waals surface area contributed by atoms with Gasteiger partial charge in [0.1, 0.15) is 16.5 Å². The Hall–Kier alpha value is -2.44. The summed E-state index contributed by atoms with van der Waals surface area (Å²) in [6.45, 7) is 0.718. The van der Waals surface area contributed by atoms with Crippen LogP contribution in [0.5, 0.6) is 0 Å². The highest BCUT2D eigenvalue weighted by atomic mass is 32.2. The van der Waals surface area contributed by atoms with E-state index in [4.69, 9.17) is 9.97 Å². The molecule has 1 N–H and O–H groups in total. The number of thiophene rings is 1. The number of pyridine rings is 1. The third-order valence-electron chi connectivity index (χ3n) is 4.90. The summed E-state index contributed by atoms with van der Waals surface area (Å²) < 4.78 is 0. The van der Waals surface area contributed by atoms with Crippen LogP contribution in [-0.4, -0.2) is 15.0 Å². The number of nitrogens with one attached hydrogen (secondary N) is 1. The molecule has 28 heavy (non-hydrogen) atoms. The van der Waals surface area contributed by atoms with Gasteiger partial charge in [0, 0.05) is 28.7 Å². The van der Waals surface area contributed by atoms with Crippen LogP contribution in [-0.2, 0) is 25.1 Å². The molecule has 4 nitrogen and oxygen atoms in total. The molecule has 0 saturated heterocycles. The zero-order valence-electron chi connectivity index (χ0n) is 15.4. The lowest BCUT2D eigenvalue weighted by atomic mass is 10.2. The summed E-state index contributed by atoms with van der Waals surface area (Å²) in [6, 6.07) is 14.5. The lowest BCUT2D eigenvalue weighted by Crippen LogP contribution is -2.05. The van der Waals surface area contributed by atoms with Gasteiger partial charge >= 0.3 is 0 Å². The summed E-state index contributed by atoms with van der Waals surface area (Å²) in [5, 5.41) is 4.80. The van der Waals surface area contributed by atoms with E-state index >= 15 is 0 Å². The summed E-state index contributed by atoms with van der Waals surface area (Å²) in [4.78, 5) is 17.9. The van der Waals surface area contributed by atoms with E-state index in [9.17, 15) is 0 Å². The second kappa shape index (κ2) is 7.89. The lowest BCUT2D eigenvalue weighted by Gasteiger charge is -2.10. The third kappa shape index (κ3) is 3.62. The fraction of sp³-hybridized carbons (Fsp3) is 0.227. The topological polar surface area (TPSA) is 50.7 Å². The van der Waals surface area contributed by atoms with Gasteiger partial charge in [-0.05, 0) is 48.6 Å². The first-order chi connectivity index (χ1) is 13.9. The normalized spacial score (nSPS) is 13.0. The summed E-state index contributed by atoms with van der Waals surface area (Å²) >= 11 is 3.62. The number of hydrogen-bond donors (Lipinski definition) is 1. The van der Waals surface area contributed by atoms with Gasteiger partial charge in [-0.15, -0.1) is 23.1 Å². The summed E-state index contributed by atoms with van der Waals surface area (Å²) in [5.41, 5.74) is 2.61. The van der Waals surface area contributed by atoms with Gasteiger partial charge in [-0.1, -0.05) is 24.3 Å². The predicted octanol–water partition coefficient (Wildman–Crippen LogP) is 5.48. The smallest absolute Gasteiger partial charge is 0.142 e. The molecule has 0 saturated carbocycles. The van der Waals surface area contributed by atoms with E-state index in [2.05, 4.69) is 40.6 Å². The maximum absolute atomic E-state index is 4.92. The van der Waals surface area contributed by atoms with E-state index < -0.39 is 0 Å². The first-order valence-electron chi connectivity index (χ1n) is 9.48. The second-order valence-electron chi connectivity index (χ2n) is 6.84. The molecule has 140 valence electrons. The fourth-order valence-corrected chi connectivity index (χ4v) is 5.64. The van der Waals surface area contributed by atoms with E-state index in [0.717, 1.165) is 40.8 Å². The van der Waals surface area contributed by atoms with Gasteiger partial charge in [-0.2, -0.15) is 0 Å². The Kier molecular flexibility index (Phi) is 4.97. The van der Waals surface area contributed by atoms with Crippen LogP contribution in [0.4, 0.5) is 5.82 Å². The van der Waals surface area contributed by atoms with Crippen molar-refractivity contribution >= 4 is 39.1 Å². The molecule has 3 aromatic heterocycles. The lowest BCUT2D eigenvalue weighted by molar-refractivity contribution is 0.916. The Morgan fingerprint density at radius 1 is 1.04 bits per heavy atom. The van der Waals surface area contributed by atoms with Crippen LogP contribution in [0, 0.1) is 0 Å². The average molecular weight is 405 g/mol. The van der Waals surface area contributed by atoms with Crippen molar-refractivity contribution in [2.75, 3.05) is 5.32 Å². The van der Waals surface area contributed by atoms with Crippen LogP contribution < -0.4 is 5.32 Å². The number of hydrogen-bond acceptors (Lipinski definition) is 6. The van der Waals surface area contributed by atoms with E-state index in [-0.39, 0.29) is 0 Å². The molecule has 5 rings (SSSR count). The molecule has 1 aromatic carbocycles. The maximum atomic E-state index is 4.92. The zero-order valence-corrected chi connectivity index (χ0v) is 17.0.